The average Bonchev–Trinajstić information content (AvgIpc) is 3.04. The van der Waals surface area contributed by atoms with Gasteiger partial charge < -0.3 is 9.32 Å². The van der Waals surface area contributed by atoms with E-state index in [-0.39, 0.29) is 22.9 Å². The smallest absolute Gasteiger partial charge is 0.289 e. The minimum atomic E-state index is -0.124. The highest BCUT2D eigenvalue weighted by Crippen LogP contribution is 2.24. The zero-order valence-corrected chi connectivity index (χ0v) is 12.8. The van der Waals surface area contributed by atoms with Gasteiger partial charge in [0.05, 0.1) is 6.04 Å². The molecule has 2 aromatic heterocycles. The van der Waals surface area contributed by atoms with Gasteiger partial charge in [0.2, 0.25) is 0 Å². The quantitative estimate of drug-likeness (QED) is 0.855. The Morgan fingerprint density at radius 3 is 2.86 bits per heavy atom. The number of nitrogens with zero attached hydrogens (tertiary/aromatic N) is 4. The predicted molar refractivity (Wildman–Crippen MR) is 77.4 cm³/mol. The molecule has 7 heteroatoms. The Labute approximate surface area is 127 Å². The molecule has 6 nitrogen and oxygen atoms in total. The van der Waals surface area contributed by atoms with Crippen LogP contribution in [0.25, 0.3) is 0 Å². The summed E-state index contributed by atoms with van der Waals surface area (Å²) in [6.45, 7) is 5.15. The minimum absolute atomic E-state index is 0.124. The largest absolute Gasteiger partial charge is 0.440 e. The molecule has 1 amide bonds. The molecule has 0 saturated carbocycles. The van der Waals surface area contributed by atoms with E-state index in [1.807, 2.05) is 18.5 Å². The van der Waals surface area contributed by atoms with E-state index in [1.54, 1.807) is 17.0 Å². The fourth-order valence-corrected chi connectivity index (χ4v) is 2.95. The molecule has 3 heterocycles. The van der Waals surface area contributed by atoms with Gasteiger partial charge in [-0.15, -0.1) is 0 Å². The molecule has 21 heavy (non-hydrogen) atoms. The van der Waals surface area contributed by atoms with Crippen LogP contribution in [0.4, 0.5) is 0 Å². The molecule has 1 unspecified atom stereocenters. The summed E-state index contributed by atoms with van der Waals surface area (Å²) >= 11 is 5.73. The third-order valence-electron chi connectivity index (χ3n) is 3.72. The van der Waals surface area contributed by atoms with Crippen molar-refractivity contribution >= 4 is 17.5 Å². The Hall–Kier alpha value is -1.82. The summed E-state index contributed by atoms with van der Waals surface area (Å²) in [4.78, 5) is 18.5. The first kappa shape index (κ1) is 14.1. The second kappa shape index (κ2) is 5.52. The van der Waals surface area contributed by atoms with Crippen molar-refractivity contribution in [3.63, 3.8) is 0 Å². The van der Waals surface area contributed by atoms with Crippen molar-refractivity contribution in [3.8, 4) is 0 Å². The maximum atomic E-state index is 12.4. The van der Waals surface area contributed by atoms with Gasteiger partial charge in [0.25, 0.3) is 5.91 Å². The number of carbonyl (C=O) groups is 1. The first-order valence-electron chi connectivity index (χ1n) is 6.99. The molecular formula is C14H17ClN4O2. The molecular weight excluding hydrogens is 292 g/mol. The molecule has 0 aromatic carbocycles. The third kappa shape index (κ3) is 2.81. The van der Waals surface area contributed by atoms with Gasteiger partial charge >= 0.3 is 0 Å². The lowest BCUT2D eigenvalue weighted by atomic mass is 10.1. The highest BCUT2D eigenvalue weighted by molar-refractivity contribution is 6.29. The van der Waals surface area contributed by atoms with Crippen LogP contribution in [0.15, 0.2) is 16.5 Å². The van der Waals surface area contributed by atoms with Gasteiger partial charge in [-0.2, -0.15) is 5.10 Å². The van der Waals surface area contributed by atoms with E-state index in [9.17, 15) is 4.79 Å². The van der Waals surface area contributed by atoms with Gasteiger partial charge in [0, 0.05) is 13.1 Å². The van der Waals surface area contributed by atoms with Gasteiger partial charge in [-0.25, -0.2) is 9.67 Å². The number of aryl methyl sites for hydroxylation is 2. The third-order valence-corrected chi connectivity index (χ3v) is 3.92. The first-order valence-corrected chi connectivity index (χ1v) is 7.37. The first-order chi connectivity index (χ1) is 10.0. The summed E-state index contributed by atoms with van der Waals surface area (Å²) in [6.07, 6.45) is 1.93. The normalized spacial score (nSPS) is 19.0. The van der Waals surface area contributed by atoms with Crippen LogP contribution < -0.4 is 0 Å². The zero-order valence-electron chi connectivity index (χ0n) is 12.0. The average molecular weight is 309 g/mol. The van der Waals surface area contributed by atoms with E-state index in [1.165, 1.54) is 0 Å². The summed E-state index contributed by atoms with van der Waals surface area (Å²) in [7, 11) is 0. The number of likely N-dealkylation sites (tertiary alicyclic amines) is 1. The Bertz CT molecular complexity index is 664. The SMILES string of the molecule is Cc1nc(C)n(C2CCCN(C(=O)c3ccc(Cl)o3)C2)n1. The minimum Gasteiger partial charge on any atom is -0.440 e. The molecule has 0 aliphatic carbocycles. The lowest BCUT2D eigenvalue weighted by molar-refractivity contribution is 0.0639. The van der Waals surface area contributed by atoms with E-state index in [2.05, 4.69) is 10.1 Å². The monoisotopic (exact) mass is 308 g/mol. The van der Waals surface area contributed by atoms with Crippen molar-refractivity contribution in [2.75, 3.05) is 13.1 Å². The molecule has 1 saturated heterocycles. The van der Waals surface area contributed by atoms with Gasteiger partial charge in [0.15, 0.2) is 11.0 Å². The number of aromatic nitrogens is 3. The number of hydrogen-bond acceptors (Lipinski definition) is 4. The van der Waals surface area contributed by atoms with Crippen LogP contribution in [-0.2, 0) is 0 Å². The molecule has 0 N–H and O–H groups in total. The van der Waals surface area contributed by atoms with Crippen molar-refractivity contribution in [2.45, 2.75) is 32.7 Å². The zero-order chi connectivity index (χ0) is 15.0. The van der Waals surface area contributed by atoms with E-state index < -0.39 is 0 Å². The van der Waals surface area contributed by atoms with Crippen LogP contribution in [0, 0.1) is 13.8 Å². The Kier molecular flexibility index (Phi) is 3.71. The molecule has 2 aromatic rings. The number of halogens is 1. The number of furan rings is 1. The molecule has 1 fully saturated rings. The Balaban J connectivity index is 1.77. The van der Waals surface area contributed by atoms with Crippen LogP contribution in [0.1, 0.15) is 41.1 Å². The summed E-state index contributed by atoms with van der Waals surface area (Å²) in [5.74, 6) is 1.80. The molecule has 3 rings (SSSR count). The lowest BCUT2D eigenvalue weighted by Crippen LogP contribution is -2.41. The van der Waals surface area contributed by atoms with Crippen LogP contribution in [0.2, 0.25) is 5.22 Å². The van der Waals surface area contributed by atoms with Crippen LogP contribution >= 0.6 is 11.6 Å². The summed E-state index contributed by atoms with van der Waals surface area (Å²) in [6, 6.07) is 3.36. The van der Waals surface area contributed by atoms with E-state index >= 15 is 0 Å². The number of rotatable bonds is 2. The van der Waals surface area contributed by atoms with E-state index in [0.717, 1.165) is 31.0 Å². The fourth-order valence-electron chi connectivity index (χ4n) is 2.81. The van der Waals surface area contributed by atoms with Gasteiger partial charge in [0.1, 0.15) is 11.6 Å². The number of carbonyl (C=O) groups excluding carboxylic acids is 1. The molecule has 1 aliphatic heterocycles. The summed E-state index contributed by atoms with van der Waals surface area (Å²) in [5.41, 5.74) is 0. The number of amides is 1. The van der Waals surface area contributed by atoms with Crippen molar-refractivity contribution < 1.29 is 9.21 Å². The maximum absolute atomic E-state index is 12.4. The Morgan fingerprint density at radius 2 is 2.24 bits per heavy atom. The van der Waals surface area contributed by atoms with E-state index in [4.69, 9.17) is 16.0 Å². The van der Waals surface area contributed by atoms with Crippen molar-refractivity contribution in [1.29, 1.82) is 0 Å². The highest BCUT2D eigenvalue weighted by atomic mass is 35.5. The van der Waals surface area contributed by atoms with Crippen LogP contribution in [0.3, 0.4) is 0 Å². The number of piperidine rings is 1. The fraction of sp³-hybridized carbons (Fsp3) is 0.500. The van der Waals surface area contributed by atoms with Gasteiger partial charge in [-0.05, 0) is 50.4 Å². The lowest BCUT2D eigenvalue weighted by Gasteiger charge is -2.32. The molecule has 0 bridgehead atoms. The maximum Gasteiger partial charge on any atom is 0.289 e. The molecule has 1 atom stereocenters. The molecule has 0 radical (unpaired) electrons. The predicted octanol–water partition coefficient (Wildman–Crippen LogP) is 2.62. The van der Waals surface area contributed by atoms with E-state index in [0.29, 0.717) is 6.54 Å². The van der Waals surface area contributed by atoms with Crippen LogP contribution in [0.5, 0.6) is 0 Å². The van der Waals surface area contributed by atoms with Crippen molar-refractivity contribution in [1.82, 2.24) is 19.7 Å². The highest BCUT2D eigenvalue weighted by Gasteiger charge is 2.28. The van der Waals surface area contributed by atoms with Crippen molar-refractivity contribution in [2.24, 2.45) is 0 Å². The standard InChI is InChI=1S/C14H17ClN4O2/c1-9-16-10(2)19(17-9)11-4-3-7-18(8-11)14(20)12-5-6-13(15)21-12/h5-6,11H,3-4,7-8H2,1-2H3. The van der Waals surface area contributed by atoms with Crippen molar-refractivity contribution in [3.05, 3.63) is 34.8 Å². The van der Waals surface area contributed by atoms with Crippen LogP contribution in [-0.4, -0.2) is 38.7 Å². The van der Waals surface area contributed by atoms with Gasteiger partial charge in [-0.3, -0.25) is 4.79 Å². The summed E-state index contributed by atoms with van der Waals surface area (Å²) < 4.78 is 7.13. The molecule has 0 spiro atoms. The summed E-state index contributed by atoms with van der Waals surface area (Å²) in [5, 5.41) is 4.66. The second-order valence-electron chi connectivity index (χ2n) is 5.30. The topological polar surface area (TPSA) is 64.2 Å². The molecule has 112 valence electrons. The second-order valence-corrected chi connectivity index (χ2v) is 5.67. The number of hydrogen-bond donors (Lipinski definition) is 0. The Morgan fingerprint density at radius 1 is 1.43 bits per heavy atom. The van der Waals surface area contributed by atoms with Gasteiger partial charge in [-0.1, -0.05) is 0 Å². The molecule has 1 aliphatic rings.